The van der Waals surface area contributed by atoms with Gasteiger partial charge in [0.15, 0.2) is 5.13 Å². The number of carbonyl (C=O) groups excluding carboxylic acids is 1. The molecule has 6 heterocycles. The number of thiophene rings is 1. The molecule has 1 fully saturated rings. The van der Waals surface area contributed by atoms with Crippen molar-refractivity contribution in [3.05, 3.63) is 66.3 Å². The molecule has 10 heteroatoms. The molecule has 36 heavy (non-hydrogen) atoms. The second-order valence-corrected chi connectivity index (χ2v) is 9.85. The molecule has 0 aliphatic heterocycles. The van der Waals surface area contributed by atoms with Gasteiger partial charge in [0.25, 0.3) is 0 Å². The summed E-state index contributed by atoms with van der Waals surface area (Å²) in [7, 11) is 0. The van der Waals surface area contributed by atoms with Crippen LogP contribution in [0.25, 0.3) is 55.0 Å². The normalized spacial score (nSPS) is 13.5. The van der Waals surface area contributed by atoms with Gasteiger partial charge in [-0.1, -0.05) is 0 Å². The maximum atomic E-state index is 13.7. The number of rotatable bonds is 5. The molecular weight excluding hydrogens is 477 g/mol. The van der Waals surface area contributed by atoms with Crippen LogP contribution in [0.3, 0.4) is 0 Å². The van der Waals surface area contributed by atoms with Crippen molar-refractivity contribution in [2.45, 2.75) is 12.8 Å². The van der Waals surface area contributed by atoms with Gasteiger partial charge in [0.2, 0.25) is 5.91 Å². The van der Waals surface area contributed by atoms with Crippen LogP contribution < -0.4 is 5.32 Å². The molecule has 1 aliphatic carbocycles. The largest absolute Gasteiger partial charge is 0.353 e. The number of nitrogens with zero attached hydrogens (tertiary/aromatic N) is 4. The van der Waals surface area contributed by atoms with Crippen molar-refractivity contribution in [2.24, 2.45) is 5.92 Å². The molecule has 3 N–H and O–H groups in total. The smallest absolute Gasteiger partial charge is 0.227 e. The predicted octanol–water partition coefficient (Wildman–Crippen LogP) is 5.78. The van der Waals surface area contributed by atoms with Gasteiger partial charge in [-0.3, -0.25) is 24.8 Å². The number of nitrogens with one attached hydrogen (secondary N) is 3. The average molecular weight is 496 g/mol. The number of amides is 1. The maximum absolute atomic E-state index is 13.7. The topological polar surface area (TPSA) is 112 Å². The number of aromatic nitrogens is 6. The molecule has 0 bridgehead atoms. The molecule has 6 aromatic heterocycles. The fourth-order valence-electron chi connectivity index (χ4n) is 4.34. The van der Waals surface area contributed by atoms with Gasteiger partial charge in [-0.2, -0.15) is 9.49 Å². The minimum atomic E-state index is -0.247. The summed E-state index contributed by atoms with van der Waals surface area (Å²) in [4.78, 5) is 29.7. The highest BCUT2D eigenvalue weighted by Gasteiger charge is 2.29. The lowest BCUT2D eigenvalue weighted by atomic mass is 10.1. The molecule has 0 aromatic carbocycles. The van der Waals surface area contributed by atoms with E-state index in [0.717, 1.165) is 73.5 Å². The zero-order valence-electron chi connectivity index (χ0n) is 18.7. The van der Waals surface area contributed by atoms with E-state index in [1.54, 1.807) is 30.9 Å². The maximum Gasteiger partial charge on any atom is 0.227 e. The van der Waals surface area contributed by atoms with Crippen LogP contribution in [0, 0.1) is 11.0 Å². The third-order valence-electron chi connectivity index (χ3n) is 6.31. The Balaban J connectivity index is 1.28. The van der Waals surface area contributed by atoms with E-state index in [2.05, 4.69) is 35.5 Å². The van der Waals surface area contributed by atoms with Crippen LogP contribution in [0.2, 0.25) is 0 Å². The van der Waals surface area contributed by atoms with Crippen molar-refractivity contribution in [2.75, 3.05) is 5.32 Å². The van der Waals surface area contributed by atoms with E-state index in [-0.39, 0.29) is 17.0 Å². The van der Waals surface area contributed by atoms with Crippen LogP contribution in [0.4, 0.5) is 10.1 Å². The number of H-pyrrole nitrogens is 2. The quantitative estimate of drug-likeness (QED) is 0.281. The van der Waals surface area contributed by atoms with Crippen molar-refractivity contribution in [1.29, 1.82) is 0 Å². The van der Waals surface area contributed by atoms with Crippen molar-refractivity contribution >= 4 is 44.7 Å². The Hall–Kier alpha value is -4.44. The average Bonchev–Trinajstić information content (AvgIpc) is 3.30. The van der Waals surface area contributed by atoms with Crippen molar-refractivity contribution in [1.82, 2.24) is 30.1 Å². The first kappa shape index (κ1) is 20.9. The predicted molar refractivity (Wildman–Crippen MR) is 137 cm³/mol. The summed E-state index contributed by atoms with van der Waals surface area (Å²) in [5.41, 5.74) is 6.10. The summed E-state index contributed by atoms with van der Waals surface area (Å²) in [6.45, 7) is 0. The number of carbonyl (C=O) groups is 1. The minimum Gasteiger partial charge on any atom is -0.353 e. The number of hydrogen-bond acceptors (Lipinski definition) is 6. The lowest BCUT2D eigenvalue weighted by molar-refractivity contribution is -0.117. The second kappa shape index (κ2) is 8.06. The molecule has 7 rings (SSSR count). The third kappa shape index (κ3) is 3.62. The molecule has 0 radical (unpaired) electrons. The van der Waals surface area contributed by atoms with Crippen molar-refractivity contribution < 1.29 is 9.18 Å². The number of pyridine rings is 3. The highest BCUT2D eigenvalue weighted by atomic mass is 32.1. The lowest BCUT2D eigenvalue weighted by Gasteiger charge is -2.06. The van der Waals surface area contributed by atoms with Crippen LogP contribution in [-0.4, -0.2) is 36.0 Å². The fraction of sp³-hybridized carbons (Fsp3) is 0.115. The SMILES string of the molecule is O=C(Nc1cncc(-c2cc3c(-c4cc5c(-c6ccc(F)s6)nccc5[nH]4)n[nH]c3cn2)c1)C1CC1. The molecule has 1 saturated carbocycles. The first-order valence-corrected chi connectivity index (χ1v) is 12.3. The van der Waals surface area contributed by atoms with Crippen LogP contribution in [0.5, 0.6) is 0 Å². The van der Waals surface area contributed by atoms with Crippen LogP contribution in [-0.2, 0) is 4.79 Å². The summed E-state index contributed by atoms with van der Waals surface area (Å²) in [6, 6.07) is 10.9. The molecule has 8 nitrogen and oxygen atoms in total. The Morgan fingerprint density at radius 2 is 1.89 bits per heavy atom. The van der Waals surface area contributed by atoms with E-state index in [0.29, 0.717) is 11.4 Å². The molecule has 1 aliphatic rings. The molecule has 1 amide bonds. The highest BCUT2D eigenvalue weighted by molar-refractivity contribution is 7.13. The molecule has 0 spiro atoms. The Bertz CT molecular complexity index is 1780. The Labute approximate surface area is 207 Å². The first-order valence-electron chi connectivity index (χ1n) is 11.5. The molecular formula is C26H18FN7OS. The summed E-state index contributed by atoms with van der Waals surface area (Å²) < 4.78 is 13.7. The number of anilines is 1. The summed E-state index contributed by atoms with van der Waals surface area (Å²) in [5.74, 6) is 0.148. The number of fused-ring (bicyclic) bond motifs is 2. The first-order chi connectivity index (χ1) is 17.6. The van der Waals surface area contributed by atoms with E-state index in [4.69, 9.17) is 0 Å². The van der Waals surface area contributed by atoms with Crippen LogP contribution in [0.1, 0.15) is 12.8 Å². The van der Waals surface area contributed by atoms with Gasteiger partial charge in [0, 0.05) is 40.2 Å². The van der Waals surface area contributed by atoms with E-state index in [9.17, 15) is 9.18 Å². The second-order valence-electron chi connectivity index (χ2n) is 8.82. The van der Waals surface area contributed by atoms with Crippen molar-refractivity contribution in [3.8, 4) is 33.2 Å². The van der Waals surface area contributed by atoms with E-state index in [1.165, 1.54) is 6.07 Å². The zero-order chi connectivity index (χ0) is 24.2. The molecule has 6 aromatic rings. The number of halogens is 1. The number of aromatic amines is 2. The summed E-state index contributed by atoms with van der Waals surface area (Å²) in [5, 5.41) is 12.1. The van der Waals surface area contributed by atoms with E-state index >= 15 is 0 Å². The highest BCUT2D eigenvalue weighted by Crippen LogP contribution is 2.36. The summed E-state index contributed by atoms with van der Waals surface area (Å²) >= 11 is 1.07. The Kier molecular flexibility index (Phi) is 4.68. The monoisotopic (exact) mass is 495 g/mol. The number of hydrogen-bond donors (Lipinski definition) is 3. The zero-order valence-corrected chi connectivity index (χ0v) is 19.6. The third-order valence-corrected chi connectivity index (χ3v) is 7.19. The Morgan fingerprint density at radius 1 is 1.00 bits per heavy atom. The van der Waals surface area contributed by atoms with Crippen molar-refractivity contribution in [3.63, 3.8) is 0 Å². The lowest BCUT2D eigenvalue weighted by Crippen LogP contribution is -2.13. The Morgan fingerprint density at radius 3 is 2.72 bits per heavy atom. The molecule has 0 saturated heterocycles. The molecule has 176 valence electrons. The van der Waals surface area contributed by atoms with E-state index < -0.39 is 0 Å². The van der Waals surface area contributed by atoms with Gasteiger partial charge in [0.1, 0.15) is 5.69 Å². The fourth-order valence-corrected chi connectivity index (χ4v) is 5.08. The van der Waals surface area contributed by atoms with Gasteiger partial charge >= 0.3 is 0 Å². The van der Waals surface area contributed by atoms with E-state index in [1.807, 2.05) is 24.3 Å². The van der Waals surface area contributed by atoms with Gasteiger partial charge in [-0.25, -0.2) is 0 Å². The molecule has 0 unspecified atom stereocenters. The standard InChI is InChI=1S/C26H18FN7OS/c27-23-4-3-22(36-23)25-16-9-20(32-18(16)5-6-29-25)24-17-8-19(30-12-21(17)33-34-24)14-7-15(11-28-10-14)31-26(35)13-1-2-13/h3-13,32H,1-2H2,(H,31,35)(H,33,34). The summed E-state index contributed by atoms with van der Waals surface area (Å²) in [6.07, 6.45) is 8.69. The van der Waals surface area contributed by atoms with Gasteiger partial charge in [-0.05, 0) is 49.2 Å². The van der Waals surface area contributed by atoms with Gasteiger partial charge in [-0.15, -0.1) is 11.3 Å². The van der Waals surface area contributed by atoms with Gasteiger partial charge < -0.3 is 10.3 Å². The van der Waals surface area contributed by atoms with Crippen LogP contribution in [0.15, 0.2) is 61.2 Å². The molecule has 0 atom stereocenters. The van der Waals surface area contributed by atoms with Crippen LogP contribution >= 0.6 is 11.3 Å². The van der Waals surface area contributed by atoms with Gasteiger partial charge in [0.05, 0.1) is 45.6 Å². The minimum absolute atomic E-state index is 0.0347.